The normalized spacial score (nSPS) is 14.1. The lowest BCUT2D eigenvalue weighted by atomic mass is 9.91. The van der Waals surface area contributed by atoms with Gasteiger partial charge in [0.25, 0.3) is 0 Å². The highest BCUT2D eigenvalue weighted by Gasteiger charge is 2.36. The number of aliphatic carboxylic acids is 1. The number of aliphatic hydroxyl groups excluding tert-OH is 2. The van der Waals surface area contributed by atoms with Crippen LogP contribution in [-0.2, 0) is 24.7 Å². The lowest BCUT2D eigenvalue weighted by Gasteiger charge is -2.30. The Labute approximate surface area is 156 Å². The van der Waals surface area contributed by atoms with E-state index in [1.54, 1.807) is 60.7 Å². The van der Waals surface area contributed by atoms with E-state index in [9.17, 15) is 19.8 Å². The van der Waals surface area contributed by atoms with Crippen LogP contribution in [0, 0.1) is 6.61 Å². The molecule has 0 heterocycles. The maximum Gasteiger partial charge on any atom is 0.339 e. The third kappa shape index (κ3) is 5.62. The van der Waals surface area contributed by atoms with Crippen LogP contribution < -0.4 is 0 Å². The number of rotatable bonds is 10. The average Bonchev–Trinajstić information content (AvgIpc) is 2.70. The van der Waals surface area contributed by atoms with Crippen LogP contribution in [0.5, 0.6) is 0 Å². The van der Waals surface area contributed by atoms with E-state index in [4.69, 9.17) is 14.6 Å². The van der Waals surface area contributed by atoms with E-state index in [0.717, 1.165) is 0 Å². The van der Waals surface area contributed by atoms with Gasteiger partial charge >= 0.3 is 11.9 Å². The third-order valence-corrected chi connectivity index (χ3v) is 3.91. The molecule has 0 amide bonds. The van der Waals surface area contributed by atoms with Crippen molar-refractivity contribution in [3.05, 3.63) is 78.4 Å². The standard InChI is InChI=1S/C20H21O7/c21-14-20(13-17(22)23,16-9-5-2-6-10-16)27-12-11-26-19(25)18(24)15-7-3-1-4-8-15/h1-10,14,18,21,24H,11-13H2,(H,22,23). The van der Waals surface area contributed by atoms with Crippen LogP contribution >= 0.6 is 0 Å². The molecule has 0 aliphatic rings. The van der Waals surface area contributed by atoms with E-state index in [2.05, 4.69) is 0 Å². The molecule has 0 aliphatic carbocycles. The average molecular weight is 373 g/mol. The fourth-order valence-corrected chi connectivity index (χ4v) is 2.56. The molecule has 2 unspecified atom stereocenters. The molecule has 0 saturated carbocycles. The summed E-state index contributed by atoms with van der Waals surface area (Å²) in [6, 6.07) is 16.7. The Morgan fingerprint density at radius 2 is 1.59 bits per heavy atom. The molecule has 3 N–H and O–H groups in total. The van der Waals surface area contributed by atoms with Crippen molar-refractivity contribution in [3.8, 4) is 0 Å². The molecule has 7 heteroatoms. The molecule has 0 aromatic heterocycles. The number of aliphatic hydroxyl groups is 2. The second-order valence-electron chi connectivity index (χ2n) is 5.78. The molecule has 2 aromatic rings. The molecule has 2 aromatic carbocycles. The molecule has 2 rings (SSSR count). The molecule has 2 atom stereocenters. The van der Waals surface area contributed by atoms with Gasteiger partial charge in [-0.05, 0) is 11.1 Å². The van der Waals surface area contributed by atoms with Crippen molar-refractivity contribution < 1.29 is 34.4 Å². The van der Waals surface area contributed by atoms with Crippen LogP contribution in [-0.4, -0.2) is 40.5 Å². The summed E-state index contributed by atoms with van der Waals surface area (Å²) in [6.45, 7) is 0.286. The number of esters is 1. The minimum Gasteiger partial charge on any atom is -0.481 e. The molecule has 0 saturated heterocycles. The van der Waals surface area contributed by atoms with Gasteiger partial charge in [-0.1, -0.05) is 60.7 Å². The fraction of sp³-hybridized carbons (Fsp3) is 0.250. The highest BCUT2D eigenvalue weighted by Crippen LogP contribution is 2.31. The summed E-state index contributed by atoms with van der Waals surface area (Å²) in [6.07, 6.45) is -1.93. The fourth-order valence-electron chi connectivity index (χ4n) is 2.56. The van der Waals surface area contributed by atoms with Gasteiger partial charge in [0.15, 0.2) is 6.10 Å². The predicted octanol–water partition coefficient (Wildman–Crippen LogP) is 2.18. The number of carboxylic acids is 1. The van der Waals surface area contributed by atoms with Crippen molar-refractivity contribution in [2.75, 3.05) is 13.2 Å². The summed E-state index contributed by atoms with van der Waals surface area (Å²) in [4.78, 5) is 23.1. The Balaban J connectivity index is 1.95. The maximum atomic E-state index is 11.9. The molecule has 0 aliphatic heterocycles. The van der Waals surface area contributed by atoms with Crippen LogP contribution in [0.3, 0.4) is 0 Å². The largest absolute Gasteiger partial charge is 0.481 e. The van der Waals surface area contributed by atoms with Crippen LogP contribution in [0.25, 0.3) is 0 Å². The lowest BCUT2D eigenvalue weighted by molar-refractivity contribution is -0.161. The molecular weight excluding hydrogens is 352 g/mol. The first-order valence-electron chi connectivity index (χ1n) is 8.28. The van der Waals surface area contributed by atoms with E-state index in [0.29, 0.717) is 17.7 Å². The molecule has 0 bridgehead atoms. The van der Waals surface area contributed by atoms with Gasteiger partial charge in [-0.15, -0.1) is 0 Å². The van der Waals surface area contributed by atoms with E-state index >= 15 is 0 Å². The summed E-state index contributed by atoms with van der Waals surface area (Å²) >= 11 is 0. The van der Waals surface area contributed by atoms with Crippen LogP contribution in [0.15, 0.2) is 60.7 Å². The second-order valence-corrected chi connectivity index (χ2v) is 5.78. The highest BCUT2D eigenvalue weighted by atomic mass is 16.6. The first kappa shape index (κ1) is 20.6. The Morgan fingerprint density at radius 1 is 1.00 bits per heavy atom. The Bertz CT molecular complexity index is 733. The quantitative estimate of drug-likeness (QED) is 0.432. The maximum absolute atomic E-state index is 11.9. The molecular formula is C20H21O7. The number of hydrogen-bond acceptors (Lipinski definition) is 6. The van der Waals surface area contributed by atoms with Gasteiger partial charge < -0.3 is 24.8 Å². The summed E-state index contributed by atoms with van der Waals surface area (Å²) < 4.78 is 10.5. The van der Waals surface area contributed by atoms with Crippen molar-refractivity contribution >= 4 is 11.9 Å². The SMILES string of the molecule is O=C(O)CC([CH]O)(OCCOC(=O)C(O)c1ccccc1)c1ccccc1. The van der Waals surface area contributed by atoms with Gasteiger partial charge in [-0.3, -0.25) is 4.79 Å². The van der Waals surface area contributed by atoms with Crippen molar-refractivity contribution in [3.63, 3.8) is 0 Å². The minimum absolute atomic E-state index is 0.174. The number of benzene rings is 2. The van der Waals surface area contributed by atoms with Gasteiger partial charge in [0.05, 0.1) is 13.0 Å². The highest BCUT2D eigenvalue weighted by molar-refractivity contribution is 5.76. The Kier molecular flexibility index (Phi) is 7.48. The van der Waals surface area contributed by atoms with Crippen molar-refractivity contribution in [2.45, 2.75) is 18.1 Å². The molecule has 1 radical (unpaired) electrons. The van der Waals surface area contributed by atoms with Crippen LogP contribution in [0.2, 0.25) is 0 Å². The molecule has 0 spiro atoms. The Morgan fingerprint density at radius 3 is 2.15 bits per heavy atom. The van der Waals surface area contributed by atoms with Crippen molar-refractivity contribution in [1.82, 2.24) is 0 Å². The number of carbonyl (C=O) groups excluding carboxylic acids is 1. The van der Waals surface area contributed by atoms with E-state index in [1.165, 1.54) is 0 Å². The van der Waals surface area contributed by atoms with E-state index in [-0.39, 0.29) is 13.2 Å². The smallest absolute Gasteiger partial charge is 0.339 e. The molecule has 143 valence electrons. The van der Waals surface area contributed by atoms with Gasteiger partial charge in [0, 0.05) is 0 Å². The zero-order chi connectivity index (χ0) is 19.7. The first-order chi connectivity index (χ1) is 13.0. The van der Waals surface area contributed by atoms with Gasteiger partial charge in [0.1, 0.15) is 18.8 Å². The summed E-state index contributed by atoms with van der Waals surface area (Å²) in [5, 5.41) is 28.8. The van der Waals surface area contributed by atoms with Crippen LogP contribution in [0.4, 0.5) is 0 Å². The summed E-state index contributed by atoms with van der Waals surface area (Å²) in [7, 11) is 0. The molecule has 0 fully saturated rings. The topological polar surface area (TPSA) is 113 Å². The van der Waals surface area contributed by atoms with Crippen molar-refractivity contribution in [2.24, 2.45) is 0 Å². The van der Waals surface area contributed by atoms with E-state index < -0.39 is 30.1 Å². The monoisotopic (exact) mass is 373 g/mol. The van der Waals surface area contributed by atoms with Crippen LogP contribution in [0.1, 0.15) is 23.7 Å². The van der Waals surface area contributed by atoms with Crippen molar-refractivity contribution in [1.29, 1.82) is 0 Å². The second kappa shape index (κ2) is 9.82. The zero-order valence-corrected chi connectivity index (χ0v) is 14.5. The first-order valence-corrected chi connectivity index (χ1v) is 8.28. The molecule has 7 nitrogen and oxygen atoms in total. The van der Waals surface area contributed by atoms with Gasteiger partial charge in [-0.2, -0.15) is 0 Å². The number of ether oxygens (including phenoxy) is 2. The number of hydrogen-bond donors (Lipinski definition) is 3. The summed E-state index contributed by atoms with van der Waals surface area (Å²) in [5.74, 6) is -2.01. The minimum atomic E-state index is -1.57. The Hall–Kier alpha value is -2.74. The zero-order valence-electron chi connectivity index (χ0n) is 14.5. The van der Waals surface area contributed by atoms with Gasteiger partial charge in [0.2, 0.25) is 0 Å². The van der Waals surface area contributed by atoms with Gasteiger partial charge in [-0.25, -0.2) is 4.79 Å². The predicted molar refractivity (Wildman–Crippen MR) is 94.9 cm³/mol. The van der Waals surface area contributed by atoms with E-state index in [1.807, 2.05) is 0 Å². The summed E-state index contributed by atoms with van der Waals surface area (Å²) in [5.41, 5.74) is -0.723. The third-order valence-electron chi connectivity index (χ3n) is 3.91. The lowest BCUT2D eigenvalue weighted by Crippen LogP contribution is -2.35. The number of carboxylic acid groups (broad SMARTS) is 1. The molecule has 27 heavy (non-hydrogen) atoms. The number of carbonyl (C=O) groups is 2.